The second-order valence-corrected chi connectivity index (χ2v) is 4.63. The summed E-state index contributed by atoms with van der Waals surface area (Å²) in [6.07, 6.45) is -3.78. The van der Waals surface area contributed by atoms with E-state index in [0.717, 1.165) is 12.1 Å². The van der Waals surface area contributed by atoms with Crippen LogP contribution in [0.3, 0.4) is 0 Å². The number of likely N-dealkylation sites (tertiary alicyclic amines) is 1. The van der Waals surface area contributed by atoms with Gasteiger partial charge in [-0.05, 0) is 31.0 Å². The van der Waals surface area contributed by atoms with Crippen molar-refractivity contribution >= 4 is 5.91 Å². The number of alkyl halides is 3. The predicted octanol–water partition coefficient (Wildman–Crippen LogP) is 2.30. The Hall–Kier alpha value is -1.56. The van der Waals surface area contributed by atoms with Gasteiger partial charge in [-0.25, -0.2) is 0 Å². The molecule has 1 atom stereocenters. The minimum atomic E-state index is -4.46. The van der Waals surface area contributed by atoms with Gasteiger partial charge in [-0.15, -0.1) is 0 Å². The highest BCUT2D eigenvalue weighted by Gasteiger charge is 2.31. The number of amides is 1. The maximum atomic E-state index is 12.6. The number of nitrogens with zero attached hydrogens (tertiary/aromatic N) is 1. The van der Waals surface area contributed by atoms with Crippen LogP contribution in [0, 0.1) is 0 Å². The normalized spacial score (nSPS) is 20.4. The minimum absolute atomic E-state index is 0.00363. The fourth-order valence-electron chi connectivity index (χ4n) is 2.15. The fraction of sp³-hybridized carbons (Fsp3) is 0.462. The van der Waals surface area contributed by atoms with Gasteiger partial charge in [0.2, 0.25) is 0 Å². The van der Waals surface area contributed by atoms with Crippen molar-refractivity contribution in [3.63, 3.8) is 0 Å². The van der Waals surface area contributed by atoms with Gasteiger partial charge in [-0.2, -0.15) is 13.2 Å². The van der Waals surface area contributed by atoms with Crippen molar-refractivity contribution in [2.24, 2.45) is 0 Å². The van der Waals surface area contributed by atoms with Crippen molar-refractivity contribution in [2.45, 2.75) is 25.1 Å². The molecule has 0 saturated carbocycles. The number of piperidine rings is 1. The van der Waals surface area contributed by atoms with Gasteiger partial charge in [0.15, 0.2) is 0 Å². The van der Waals surface area contributed by atoms with Gasteiger partial charge in [0, 0.05) is 18.7 Å². The number of β-amino-alcohol motifs (C(OH)–C–C–N with tert-alkyl or cyclic N) is 1. The van der Waals surface area contributed by atoms with E-state index in [-0.39, 0.29) is 12.1 Å². The number of aliphatic hydroxyl groups is 1. The second kappa shape index (κ2) is 5.21. The van der Waals surface area contributed by atoms with Crippen molar-refractivity contribution in [3.05, 3.63) is 35.4 Å². The molecule has 1 aliphatic heterocycles. The van der Waals surface area contributed by atoms with Crippen molar-refractivity contribution in [1.29, 1.82) is 0 Å². The van der Waals surface area contributed by atoms with Crippen LogP contribution in [-0.4, -0.2) is 35.1 Å². The summed E-state index contributed by atoms with van der Waals surface area (Å²) in [6.45, 7) is 0.640. The molecule has 0 spiro atoms. The molecule has 0 bridgehead atoms. The average molecular weight is 273 g/mol. The van der Waals surface area contributed by atoms with E-state index in [0.29, 0.717) is 19.4 Å². The Kier molecular flexibility index (Phi) is 3.80. The molecule has 0 aromatic heterocycles. The lowest BCUT2D eigenvalue weighted by Gasteiger charge is -2.30. The molecule has 1 aromatic rings. The SMILES string of the molecule is O=C(c1cccc(C(F)(F)F)c1)N1CCCC(O)C1. The third kappa shape index (κ3) is 3.26. The molecule has 1 unspecified atom stereocenters. The number of halogens is 3. The molecular formula is C13H14F3NO2. The molecule has 3 nitrogen and oxygen atoms in total. The van der Waals surface area contributed by atoms with E-state index in [2.05, 4.69) is 0 Å². The van der Waals surface area contributed by atoms with E-state index >= 15 is 0 Å². The van der Waals surface area contributed by atoms with Crippen LogP contribution in [0.1, 0.15) is 28.8 Å². The largest absolute Gasteiger partial charge is 0.416 e. The summed E-state index contributed by atoms with van der Waals surface area (Å²) in [5.41, 5.74) is -0.833. The Morgan fingerprint density at radius 3 is 2.74 bits per heavy atom. The highest BCUT2D eigenvalue weighted by molar-refractivity contribution is 5.94. The van der Waals surface area contributed by atoms with Crippen LogP contribution in [0.5, 0.6) is 0 Å². The standard InChI is InChI=1S/C13H14F3NO2/c14-13(15,16)10-4-1-3-9(7-10)12(19)17-6-2-5-11(18)8-17/h1,3-4,7,11,18H,2,5-6,8H2. The van der Waals surface area contributed by atoms with Crippen molar-refractivity contribution < 1.29 is 23.1 Å². The summed E-state index contributed by atoms with van der Waals surface area (Å²) in [4.78, 5) is 13.5. The predicted molar refractivity (Wildman–Crippen MR) is 62.6 cm³/mol. The molecule has 19 heavy (non-hydrogen) atoms. The van der Waals surface area contributed by atoms with Gasteiger partial charge in [0.1, 0.15) is 0 Å². The number of aliphatic hydroxyl groups excluding tert-OH is 1. The maximum absolute atomic E-state index is 12.6. The van der Waals surface area contributed by atoms with E-state index in [1.165, 1.54) is 17.0 Å². The Labute approximate surface area is 108 Å². The first-order valence-electron chi connectivity index (χ1n) is 6.02. The quantitative estimate of drug-likeness (QED) is 0.853. The third-order valence-corrected chi connectivity index (χ3v) is 3.12. The summed E-state index contributed by atoms with van der Waals surface area (Å²) in [5.74, 6) is -0.468. The lowest BCUT2D eigenvalue weighted by molar-refractivity contribution is -0.137. The molecular weight excluding hydrogens is 259 g/mol. The average Bonchev–Trinajstić information content (AvgIpc) is 2.37. The van der Waals surface area contributed by atoms with Crippen molar-refractivity contribution in [2.75, 3.05) is 13.1 Å². The summed E-state index contributed by atoms with van der Waals surface area (Å²) >= 11 is 0. The van der Waals surface area contributed by atoms with Gasteiger partial charge in [-0.1, -0.05) is 6.07 Å². The highest BCUT2D eigenvalue weighted by Crippen LogP contribution is 2.29. The van der Waals surface area contributed by atoms with E-state index in [1.54, 1.807) is 0 Å². The third-order valence-electron chi connectivity index (χ3n) is 3.12. The van der Waals surface area contributed by atoms with Crippen LogP contribution in [0.4, 0.5) is 13.2 Å². The molecule has 0 radical (unpaired) electrons. The lowest BCUT2D eigenvalue weighted by atomic mass is 10.1. The Balaban J connectivity index is 2.19. The molecule has 1 saturated heterocycles. The first-order valence-corrected chi connectivity index (χ1v) is 6.02. The first kappa shape index (κ1) is 13.9. The van der Waals surface area contributed by atoms with E-state index in [4.69, 9.17) is 0 Å². The molecule has 2 rings (SSSR count). The zero-order valence-corrected chi connectivity index (χ0v) is 10.2. The molecule has 1 heterocycles. The van der Waals surface area contributed by atoms with Gasteiger partial charge < -0.3 is 10.0 Å². The summed E-state index contributed by atoms with van der Waals surface area (Å²) in [6, 6.07) is 4.36. The summed E-state index contributed by atoms with van der Waals surface area (Å²) < 4.78 is 37.7. The van der Waals surface area contributed by atoms with Gasteiger partial charge in [0.05, 0.1) is 11.7 Å². The Bertz CT molecular complexity index is 473. The van der Waals surface area contributed by atoms with Gasteiger partial charge in [0.25, 0.3) is 5.91 Å². The van der Waals surface area contributed by atoms with Gasteiger partial charge >= 0.3 is 6.18 Å². The van der Waals surface area contributed by atoms with E-state index in [1.807, 2.05) is 0 Å². The topological polar surface area (TPSA) is 40.5 Å². The number of hydrogen-bond acceptors (Lipinski definition) is 2. The molecule has 104 valence electrons. The van der Waals surface area contributed by atoms with E-state index in [9.17, 15) is 23.1 Å². The highest BCUT2D eigenvalue weighted by atomic mass is 19.4. The second-order valence-electron chi connectivity index (χ2n) is 4.63. The first-order chi connectivity index (χ1) is 8.88. The molecule has 1 fully saturated rings. The molecule has 0 aliphatic carbocycles. The molecule has 1 amide bonds. The Morgan fingerprint density at radius 1 is 1.37 bits per heavy atom. The van der Waals surface area contributed by atoms with Crippen LogP contribution >= 0.6 is 0 Å². The summed E-state index contributed by atoms with van der Waals surface area (Å²) in [7, 11) is 0. The van der Waals surface area contributed by atoms with Crippen LogP contribution < -0.4 is 0 Å². The lowest BCUT2D eigenvalue weighted by Crippen LogP contribution is -2.42. The zero-order chi connectivity index (χ0) is 14.0. The van der Waals surface area contributed by atoms with Crippen molar-refractivity contribution in [1.82, 2.24) is 4.90 Å². The van der Waals surface area contributed by atoms with Crippen LogP contribution in [0.15, 0.2) is 24.3 Å². The van der Waals surface area contributed by atoms with Gasteiger partial charge in [-0.3, -0.25) is 4.79 Å². The smallest absolute Gasteiger partial charge is 0.391 e. The van der Waals surface area contributed by atoms with Crippen LogP contribution in [0.25, 0.3) is 0 Å². The monoisotopic (exact) mass is 273 g/mol. The summed E-state index contributed by atoms with van der Waals surface area (Å²) in [5, 5.41) is 9.49. The number of rotatable bonds is 1. The zero-order valence-electron chi connectivity index (χ0n) is 10.2. The molecule has 6 heteroatoms. The Morgan fingerprint density at radius 2 is 2.11 bits per heavy atom. The molecule has 1 aliphatic rings. The number of carbonyl (C=O) groups excluding carboxylic acids is 1. The minimum Gasteiger partial charge on any atom is -0.391 e. The number of benzene rings is 1. The van der Waals surface area contributed by atoms with Crippen LogP contribution in [0.2, 0.25) is 0 Å². The molecule has 1 aromatic carbocycles. The van der Waals surface area contributed by atoms with Crippen LogP contribution in [-0.2, 0) is 6.18 Å². The fourth-order valence-corrected chi connectivity index (χ4v) is 2.15. The number of hydrogen-bond donors (Lipinski definition) is 1. The maximum Gasteiger partial charge on any atom is 0.416 e. The molecule has 1 N–H and O–H groups in total. The number of carbonyl (C=O) groups is 1. The van der Waals surface area contributed by atoms with Crippen molar-refractivity contribution in [3.8, 4) is 0 Å². The van der Waals surface area contributed by atoms with E-state index < -0.39 is 23.8 Å².